The molecule has 0 saturated carbocycles. The van der Waals surface area contributed by atoms with Crippen LogP contribution in [0.5, 0.6) is 0 Å². The summed E-state index contributed by atoms with van der Waals surface area (Å²) in [6, 6.07) is 5.05. The summed E-state index contributed by atoms with van der Waals surface area (Å²) in [5, 5.41) is 19.3. The van der Waals surface area contributed by atoms with Gasteiger partial charge >= 0.3 is 6.18 Å². The van der Waals surface area contributed by atoms with Gasteiger partial charge in [0.05, 0.1) is 11.6 Å². The number of nitrogens with one attached hydrogen (secondary N) is 1. The topological polar surface area (TPSA) is 114 Å². The molecule has 3 heterocycles. The molecule has 1 amide bonds. The fourth-order valence-corrected chi connectivity index (χ4v) is 2.64. The number of halogens is 3. The molecular weight excluding hydrogens is 389 g/mol. The molecule has 0 aromatic carbocycles. The summed E-state index contributed by atoms with van der Waals surface area (Å²) in [4.78, 5) is 20.8. The Labute approximate surface area is 162 Å². The van der Waals surface area contributed by atoms with Gasteiger partial charge < -0.3 is 5.32 Å². The van der Waals surface area contributed by atoms with E-state index in [9.17, 15) is 18.0 Å². The van der Waals surface area contributed by atoms with Crippen LogP contribution in [0.3, 0.4) is 0 Å². The van der Waals surface area contributed by atoms with Gasteiger partial charge in [-0.25, -0.2) is 9.97 Å². The lowest BCUT2D eigenvalue weighted by Crippen LogP contribution is -2.29. The van der Waals surface area contributed by atoms with Crippen LogP contribution >= 0.6 is 0 Å². The van der Waals surface area contributed by atoms with Gasteiger partial charge in [-0.3, -0.25) is 9.48 Å². The maximum atomic E-state index is 12.9. The third-order valence-electron chi connectivity index (χ3n) is 3.97. The summed E-state index contributed by atoms with van der Waals surface area (Å²) in [5.41, 5.74) is -1.04. The monoisotopic (exact) mass is 404 g/mol. The summed E-state index contributed by atoms with van der Waals surface area (Å²) >= 11 is 0. The van der Waals surface area contributed by atoms with Crippen LogP contribution < -0.4 is 5.32 Å². The molecule has 150 valence electrons. The molecule has 0 unspecified atom stereocenters. The molecule has 0 aliphatic rings. The third kappa shape index (κ3) is 4.08. The number of nitrogens with zero attached hydrogens (tertiary/aromatic N) is 7. The van der Waals surface area contributed by atoms with E-state index in [2.05, 4.69) is 25.5 Å². The average Bonchev–Trinajstić information content (AvgIpc) is 3.24. The lowest BCUT2D eigenvalue weighted by atomic mass is 10.2. The SMILES string of the molecule is Cc1nc([C@H](C)NC(=O)c2cc(C(F)(F)F)n(C)n2)n(-c2ccc(C#N)cn2)n1. The van der Waals surface area contributed by atoms with Crippen LogP contribution in [0, 0.1) is 18.3 Å². The smallest absolute Gasteiger partial charge is 0.341 e. The standard InChI is InChI=1S/C17H15F3N8O/c1-9(23-16(29)12-6-13(17(18,19)20)27(3)26-12)15-24-10(2)25-28(15)14-5-4-11(7-21)8-22-14/h4-6,8-9H,1-3H3,(H,23,29)/t9-/m0/s1. The predicted octanol–water partition coefficient (Wildman–Crippen LogP) is 2.09. The Kier molecular flexibility index (Phi) is 5.06. The van der Waals surface area contributed by atoms with E-state index < -0.39 is 23.8 Å². The highest BCUT2D eigenvalue weighted by molar-refractivity contribution is 5.92. The van der Waals surface area contributed by atoms with Crippen LogP contribution in [0.25, 0.3) is 5.82 Å². The van der Waals surface area contributed by atoms with E-state index in [4.69, 9.17) is 5.26 Å². The molecule has 3 rings (SSSR count). The number of carbonyl (C=O) groups excluding carboxylic acids is 1. The Morgan fingerprint density at radius 1 is 1.31 bits per heavy atom. The van der Waals surface area contributed by atoms with Crippen molar-refractivity contribution in [3.8, 4) is 11.9 Å². The Morgan fingerprint density at radius 3 is 2.59 bits per heavy atom. The minimum atomic E-state index is -4.62. The number of amides is 1. The highest BCUT2D eigenvalue weighted by Gasteiger charge is 2.36. The van der Waals surface area contributed by atoms with Gasteiger partial charge in [-0.2, -0.15) is 28.2 Å². The maximum absolute atomic E-state index is 12.9. The molecule has 1 atom stereocenters. The molecule has 3 aromatic heterocycles. The van der Waals surface area contributed by atoms with Crippen molar-refractivity contribution in [3.05, 3.63) is 53.0 Å². The fraction of sp³-hybridized carbons (Fsp3) is 0.294. The van der Waals surface area contributed by atoms with Gasteiger partial charge in [0.25, 0.3) is 5.91 Å². The molecule has 29 heavy (non-hydrogen) atoms. The average molecular weight is 404 g/mol. The highest BCUT2D eigenvalue weighted by atomic mass is 19.4. The minimum absolute atomic E-state index is 0.319. The fourth-order valence-electron chi connectivity index (χ4n) is 2.64. The number of pyridine rings is 1. The van der Waals surface area contributed by atoms with Crippen molar-refractivity contribution in [1.82, 2.24) is 34.8 Å². The molecular formula is C17H15F3N8O. The van der Waals surface area contributed by atoms with Crippen LogP contribution in [0.2, 0.25) is 0 Å². The zero-order valence-corrected chi connectivity index (χ0v) is 15.6. The summed E-state index contributed by atoms with van der Waals surface area (Å²) in [5.74, 6) is 0.311. The van der Waals surface area contributed by atoms with Crippen molar-refractivity contribution >= 4 is 5.91 Å². The Morgan fingerprint density at radius 2 is 2.03 bits per heavy atom. The highest BCUT2D eigenvalue weighted by Crippen LogP contribution is 2.29. The Hall–Kier alpha value is -3.75. The van der Waals surface area contributed by atoms with Crippen LogP contribution in [0.1, 0.15) is 46.4 Å². The molecule has 1 N–H and O–H groups in total. The lowest BCUT2D eigenvalue weighted by molar-refractivity contribution is -0.143. The van der Waals surface area contributed by atoms with Gasteiger partial charge in [0.1, 0.15) is 17.6 Å². The van der Waals surface area contributed by atoms with Gasteiger partial charge in [-0.15, -0.1) is 5.10 Å². The van der Waals surface area contributed by atoms with Crippen LogP contribution in [0.15, 0.2) is 24.4 Å². The second-order valence-electron chi connectivity index (χ2n) is 6.18. The number of rotatable bonds is 4. The molecule has 0 saturated heterocycles. The van der Waals surface area contributed by atoms with Crippen molar-refractivity contribution in [3.63, 3.8) is 0 Å². The van der Waals surface area contributed by atoms with E-state index in [1.165, 1.54) is 10.9 Å². The van der Waals surface area contributed by atoms with Gasteiger partial charge in [0, 0.05) is 19.3 Å². The number of nitriles is 1. The van der Waals surface area contributed by atoms with E-state index in [0.29, 0.717) is 33.8 Å². The first-order chi connectivity index (χ1) is 13.6. The van der Waals surface area contributed by atoms with Gasteiger partial charge in [0.15, 0.2) is 17.3 Å². The number of hydrogen-bond donors (Lipinski definition) is 1. The molecule has 0 aliphatic heterocycles. The van der Waals surface area contributed by atoms with Crippen molar-refractivity contribution in [1.29, 1.82) is 5.26 Å². The number of alkyl halides is 3. The van der Waals surface area contributed by atoms with E-state index in [1.807, 2.05) is 6.07 Å². The normalized spacial score (nSPS) is 12.4. The maximum Gasteiger partial charge on any atom is 0.433 e. The molecule has 0 radical (unpaired) electrons. The largest absolute Gasteiger partial charge is 0.433 e. The molecule has 0 aliphatic carbocycles. The summed E-state index contributed by atoms with van der Waals surface area (Å²) in [6.45, 7) is 3.25. The second-order valence-corrected chi connectivity index (χ2v) is 6.18. The Bertz CT molecular complexity index is 1090. The number of aryl methyl sites for hydroxylation is 2. The first-order valence-electron chi connectivity index (χ1n) is 8.32. The summed E-state index contributed by atoms with van der Waals surface area (Å²) in [6.07, 6.45) is -3.25. The van der Waals surface area contributed by atoms with Crippen LogP contribution in [-0.4, -0.2) is 35.4 Å². The molecule has 9 nitrogen and oxygen atoms in total. The van der Waals surface area contributed by atoms with Crippen LogP contribution in [0.4, 0.5) is 13.2 Å². The minimum Gasteiger partial charge on any atom is -0.341 e. The zero-order chi connectivity index (χ0) is 21.3. The van der Waals surface area contributed by atoms with Crippen molar-refractivity contribution in [2.75, 3.05) is 0 Å². The number of carbonyl (C=O) groups is 1. The van der Waals surface area contributed by atoms with E-state index in [0.717, 1.165) is 7.05 Å². The van der Waals surface area contributed by atoms with Crippen LogP contribution in [-0.2, 0) is 13.2 Å². The summed E-state index contributed by atoms with van der Waals surface area (Å²) < 4.78 is 40.7. The predicted molar refractivity (Wildman–Crippen MR) is 92.7 cm³/mol. The molecule has 3 aromatic rings. The lowest BCUT2D eigenvalue weighted by Gasteiger charge is -2.13. The molecule has 0 spiro atoms. The second kappa shape index (κ2) is 7.34. The van der Waals surface area contributed by atoms with E-state index in [1.54, 1.807) is 26.0 Å². The molecule has 0 fully saturated rings. The van der Waals surface area contributed by atoms with Gasteiger partial charge in [-0.05, 0) is 26.0 Å². The zero-order valence-electron chi connectivity index (χ0n) is 15.6. The van der Waals surface area contributed by atoms with Crippen molar-refractivity contribution < 1.29 is 18.0 Å². The van der Waals surface area contributed by atoms with Crippen molar-refractivity contribution in [2.45, 2.75) is 26.1 Å². The third-order valence-corrected chi connectivity index (χ3v) is 3.97. The molecule has 12 heteroatoms. The van der Waals surface area contributed by atoms with E-state index >= 15 is 0 Å². The quantitative estimate of drug-likeness (QED) is 0.712. The first-order valence-corrected chi connectivity index (χ1v) is 8.32. The van der Waals surface area contributed by atoms with Gasteiger partial charge in [-0.1, -0.05) is 0 Å². The number of aromatic nitrogens is 6. The molecule has 0 bridgehead atoms. The Balaban J connectivity index is 1.85. The van der Waals surface area contributed by atoms with Gasteiger partial charge in [0.2, 0.25) is 0 Å². The summed E-state index contributed by atoms with van der Waals surface area (Å²) in [7, 11) is 1.11. The number of hydrogen-bond acceptors (Lipinski definition) is 6. The first kappa shape index (κ1) is 20.0. The van der Waals surface area contributed by atoms with Crippen molar-refractivity contribution in [2.24, 2.45) is 7.05 Å². The van der Waals surface area contributed by atoms with E-state index in [-0.39, 0.29) is 5.69 Å².